The zero-order valence-corrected chi connectivity index (χ0v) is 15.6. The molecule has 138 valence electrons. The van der Waals surface area contributed by atoms with Crippen LogP contribution in [0.2, 0.25) is 0 Å². The van der Waals surface area contributed by atoms with E-state index in [1.807, 2.05) is 0 Å². The molecule has 1 saturated heterocycles. The summed E-state index contributed by atoms with van der Waals surface area (Å²) in [6.07, 6.45) is 1.05. The van der Waals surface area contributed by atoms with Crippen molar-refractivity contribution in [3.05, 3.63) is 0 Å². The predicted molar refractivity (Wildman–Crippen MR) is 89.4 cm³/mol. The van der Waals surface area contributed by atoms with Gasteiger partial charge in [-0.15, -0.1) is 0 Å². The van der Waals surface area contributed by atoms with Crippen molar-refractivity contribution >= 4 is 18.0 Å². The Hall–Kier alpha value is -1.79. The van der Waals surface area contributed by atoms with Crippen molar-refractivity contribution in [2.75, 3.05) is 13.1 Å². The molecule has 0 bridgehead atoms. The van der Waals surface area contributed by atoms with Crippen LogP contribution in [-0.4, -0.2) is 53.2 Å². The SMILES string of the molecule is CC(C)(C)OC(=O)N[C@@H](CC(=O)N1CCCC1)C(=O)OC(C)(C)C. The van der Waals surface area contributed by atoms with Gasteiger partial charge in [0.2, 0.25) is 5.91 Å². The second-order valence-corrected chi connectivity index (χ2v) is 8.02. The molecule has 1 aliphatic heterocycles. The number of esters is 1. The van der Waals surface area contributed by atoms with Gasteiger partial charge in [-0.1, -0.05) is 0 Å². The van der Waals surface area contributed by atoms with E-state index in [4.69, 9.17) is 9.47 Å². The molecular weight excluding hydrogens is 312 g/mol. The Labute approximate surface area is 144 Å². The van der Waals surface area contributed by atoms with Crippen LogP contribution >= 0.6 is 0 Å². The Kier molecular flexibility index (Phi) is 6.63. The minimum absolute atomic E-state index is 0.131. The average molecular weight is 342 g/mol. The van der Waals surface area contributed by atoms with Gasteiger partial charge in [0.25, 0.3) is 0 Å². The fourth-order valence-corrected chi connectivity index (χ4v) is 2.29. The summed E-state index contributed by atoms with van der Waals surface area (Å²) in [6, 6.07) is -1.06. The molecular formula is C17H30N2O5. The molecule has 2 amide bonds. The third kappa shape index (κ3) is 7.66. The Morgan fingerprint density at radius 3 is 1.92 bits per heavy atom. The van der Waals surface area contributed by atoms with Gasteiger partial charge in [0.1, 0.15) is 17.2 Å². The summed E-state index contributed by atoms with van der Waals surface area (Å²) in [5.74, 6) is -0.805. The molecule has 0 aromatic heterocycles. The number of hydrogen-bond acceptors (Lipinski definition) is 5. The highest BCUT2D eigenvalue weighted by Crippen LogP contribution is 2.14. The normalized spacial score (nSPS) is 16.5. The third-order valence-corrected chi connectivity index (χ3v) is 3.22. The second-order valence-electron chi connectivity index (χ2n) is 8.02. The van der Waals surface area contributed by atoms with Gasteiger partial charge in [-0.2, -0.15) is 0 Å². The quantitative estimate of drug-likeness (QED) is 0.792. The van der Waals surface area contributed by atoms with Crippen molar-refractivity contribution in [3.63, 3.8) is 0 Å². The first-order valence-electron chi connectivity index (χ1n) is 8.37. The van der Waals surface area contributed by atoms with Crippen molar-refractivity contribution < 1.29 is 23.9 Å². The summed E-state index contributed by atoms with van der Waals surface area (Å²) in [7, 11) is 0. The van der Waals surface area contributed by atoms with E-state index in [1.54, 1.807) is 46.4 Å². The summed E-state index contributed by atoms with van der Waals surface area (Å²) in [6.45, 7) is 11.8. The minimum Gasteiger partial charge on any atom is -0.458 e. The minimum atomic E-state index is -1.06. The number of carbonyl (C=O) groups is 3. The van der Waals surface area contributed by atoms with E-state index in [1.165, 1.54) is 0 Å². The molecule has 1 rings (SSSR count). The lowest BCUT2D eigenvalue weighted by Crippen LogP contribution is -2.48. The Morgan fingerprint density at radius 1 is 0.958 bits per heavy atom. The number of ether oxygens (including phenoxy) is 2. The number of rotatable bonds is 4. The molecule has 1 fully saturated rings. The first-order valence-corrected chi connectivity index (χ1v) is 8.37. The Morgan fingerprint density at radius 2 is 1.46 bits per heavy atom. The van der Waals surface area contributed by atoms with Crippen LogP contribution in [-0.2, 0) is 19.1 Å². The lowest BCUT2D eigenvalue weighted by Gasteiger charge is -2.27. The molecule has 0 aliphatic carbocycles. The van der Waals surface area contributed by atoms with Gasteiger partial charge >= 0.3 is 12.1 Å². The van der Waals surface area contributed by atoms with Crippen LogP contribution in [0.3, 0.4) is 0 Å². The largest absolute Gasteiger partial charge is 0.458 e. The van der Waals surface area contributed by atoms with Crippen LogP contribution in [0, 0.1) is 0 Å². The molecule has 1 heterocycles. The van der Waals surface area contributed by atoms with E-state index in [9.17, 15) is 14.4 Å². The van der Waals surface area contributed by atoms with Crippen LogP contribution in [0.5, 0.6) is 0 Å². The molecule has 0 saturated carbocycles. The van der Waals surface area contributed by atoms with Crippen LogP contribution in [0.25, 0.3) is 0 Å². The number of likely N-dealkylation sites (tertiary alicyclic amines) is 1. The lowest BCUT2D eigenvalue weighted by molar-refractivity contribution is -0.159. The number of nitrogens with one attached hydrogen (secondary N) is 1. The van der Waals surface area contributed by atoms with Crippen LogP contribution in [0.1, 0.15) is 60.8 Å². The highest BCUT2D eigenvalue weighted by atomic mass is 16.6. The van der Waals surface area contributed by atoms with E-state index in [0.717, 1.165) is 12.8 Å². The molecule has 0 aromatic carbocycles. The first kappa shape index (κ1) is 20.3. The maximum absolute atomic E-state index is 12.3. The van der Waals surface area contributed by atoms with E-state index in [0.29, 0.717) is 13.1 Å². The summed E-state index contributed by atoms with van der Waals surface area (Å²) < 4.78 is 10.5. The number of amides is 2. The van der Waals surface area contributed by atoms with Gasteiger partial charge in [-0.05, 0) is 54.4 Å². The maximum Gasteiger partial charge on any atom is 0.408 e. The topological polar surface area (TPSA) is 84.9 Å². The van der Waals surface area contributed by atoms with Gasteiger partial charge in [0.05, 0.1) is 6.42 Å². The fraction of sp³-hybridized carbons (Fsp3) is 0.824. The predicted octanol–water partition coefficient (Wildman–Crippen LogP) is 2.23. The van der Waals surface area contributed by atoms with Crippen LogP contribution < -0.4 is 5.32 Å². The van der Waals surface area contributed by atoms with Crippen LogP contribution in [0.4, 0.5) is 4.79 Å². The molecule has 0 spiro atoms. The summed E-state index contributed by atoms with van der Waals surface area (Å²) in [4.78, 5) is 38.3. The van der Waals surface area contributed by atoms with E-state index in [2.05, 4.69) is 5.32 Å². The van der Waals surface area contributed by atoms with Gasteiger partial charge in [0.15, 0.2) is 0 Å². The zero-order chi connectivity index (χ0) is 18.5. The number of carbonyl (C=O) groups excluding carboxylic acids is 3. The van der Waals surface area contributed by atoms with Gasteiger partial charge < -0.3 is 19.7 Å². The monoisotopic (exact) mass is 342 g/mol. The highest BCUT2D eigenvalue weighted by Gasteiger charge is 2.32. The van der Waals surface area contributed by atoms with Crippen molar-refractivity contribution in [1.82, 2.24) is 10.2 Å². The van der Waals surface area contributed by atoms with Crippen LogP contribution in [0.15, 0.2) is 0 Å². The standard InChI is InChI=1S/C17H30N2O5/c1-16(2,3)23-14(21)12(18-15(22)24-17(4,5)6)11-13(20)19-9-7-8-10-19/h12H,7-11H2,1-6H3,(H,18,22)/t12-/m0/s1. The molecule has 1 aliphatic rings. The van der Waals surface area contributed by atoms with Gasteiger partial charge in [-0.3, -0.25) is 4.79 Å². The van der Waals surface area contributed by atoms with Crippen molar-refractivity contribution in [2.45, 2.75) is 78.0 Å². The van der Waals surface area contributed by atoms with E-state index < -0.39 is 29.3 Å². The van der Waals surface area contributed by atoms with Gasteiger partial charge in [0, 0.05) is 13.1 Å². The first-order chi connectivity index (χ1) is 10.9. The smallest absolute Gasteiger partial charge is 0.408 e. The fourth-order valence-electron chi connectivity index (χ4n) is 2.29. The summed E-state index contributed by atoms with van der Waals surface area (Å²) in [5, 5.41) is 2.47. The number of nitrogens with zero attached hydrogens (tertiary/aromatic N) is 1. The molecule has 7 nitrogen and oxygen atoms in total. The maximum atomic E-state index is 12.3. The highest BCUT2D eigenvalue weighted by molar-refractivity contribution is 5.88. The van der Waals surface area contributed by atoms with Gasteiger partial charge in [-0.25, -0.2) is 9.59 Å². The van der Waals surface area contributed by atoms with Crippen molar-refractivity contribution in [3.8, 4) is 0 Å². The zero-order valence-electron chi connectivity index (χ0n) is 15.6. The van der Waals surface area contributed by atoms with E-state index >= 15 is 0 Å². The molecule has 0 unspecified atom stereocenters. The molecule has 1 N–H and O–H groups in total. The van der Waals surface area contributed by atoms with Crippen molar-refractivity contribution in [2.24, 2.45) is 0 Å². The average Bonchev–Trinajstić information content (AvgIpc) is 2.87. The molecule has 7 heteroatoms. The molecule has 1 atom stereocenters. The number of alkyl carbamates (subject to hydrolysis) is 1. The van der Waals surface area contributed by atoms with E-state index in [-0.39, 0.29) is 12.3 Å². The third-order valence-electron chi connectivity index (χ3n) is 3.22. The summed E-state index contributed by atoms with van der Waals surface area (Å²) >= 11 is 0. The number of hydrogen-bond donors (Lipinski definition) is 1. The van der Waals surface area contributed by atoms with Crippen molar-refractivity contribution in [1.29, 1.82) is 0 Å². The summed E-state index contributed by atoms with van der Waals surface area (Å²) in [5.41, 5.74) is -1.40. The Balaban J connectivity index is 2.76. The molecule has 0 radical (unpaired) electrons. The lowest BCUT2D eigenvalue weighted by atomic mass is 10.1. The molecule has 24 heavy (non-hydrogen) atoms. The second kappa shape index (κ2) is 7.85. The molecule has 0 aromatic rings. The Bertz CT molecular complexity index is 470.